The second kappa shape index (κ2) is 7.28. The Morgan fingerprint density at radius 2 is 2.00 bits per heavy atom. The van der Waals surface area contributed by atoms with Crippen LogP contribution in [0.2, 0.25) is 0 Å². The number of para-hydroxylation sites is 1. The molecular weight excluding hydrogens is 260 g/mol. The molecule has 1 atom stereocenters. The lowest BCUT2D eigenvalue weighted by Gasteiger charge is -2.25. The number of rotatable bonds is 5. The molecule has 0 spiro atoms. The van der Waals surface area contributed by atoms with E-state index in [2.05, 4.69) is 34.9 Å². The van der Waals surface area contributed by atoms with Gasteiger partial charge in [-0.1, -0.05) is 18.2 Å². The minimum absolute atomic E-state index is 0.824. The summed E-state index contributed by atoms with van der Waals surface area (Å²) in [6.07, 6.45) is 5.25. The molecule has 0 aromatic heterocycles. The van der Waals surface area contributed by atoms with Crippen molar-refractivity contribution in [2.45, 2.75) is 38.6 Å². The van der Waals surface area contributed by atoms with Crippen molar-refractivity contribution < 1.29 is 4.74 Å². The first kappa shape index (κ1) is 14.9. The second-order valence-corrected chi connectivity index (χ2v) is 6.45. The Balaban J connectivity index is 1.40. The van der Waals surface area contributed by atoms with Crippen molar-refractivity contribution in [1.82, 2.24) is 9.80 Å². The second-order valence-electron chi connectivity index (χ2n) is 6.45. The molecule has 3 heteroatoms. The van der Waals surface area contributed by atoms with E-state index in [-0.39, 0.29) is 0 Å². The van der Waals surface area contributed by atoms with Crippen LogP contribution in [-0.4, -0.2) is 55.2 Å². The number of hydrogen-bond acceptors (Lipinski definition) is 3. The van der Waals surface area contributed by atoms with Gasteiger partial charge in [0.25, 0.3) is 0 Å². The van der Waals surface area contributed by atoms with Crippen molar-refractivity contribution in [3.05, 3.63) is 29.8 Å². The van der Waals surface area contributed by atoms with E-state index < -0.39 is 0 Å². The van der Waals surface area contributed by atoms with Gasteiger partial charge in [0.2, 0.25) is 0 Å². The molecule has 0 unspecified atom stereocenters. The third kappa shape index (κ3) is 3.98. The van der Waals surface area contributed by atoms with Crippen LogP contribution in [0.3, 0.4) is 0 Å². The van der Waals surface area contributed by atoms with E-state index in [0.717, 1.165) is 24.8 Å². The monoisotopic (exact) mass is 288 g/mol. The van der Waals surface area contributed by atoms with Crippen molar-refractivity contribution in [2.75, 3.05) is 39.3 Å². The zero-order valence-electron chi connectivity index (χ0n) is 13.3. The molecule has 0 saturated carbocycles. The highest BCUT2D eigenvalue weighted by molar-refractivity contribution is 5.31. The van der Waals surface area contributed by atoms with Gasteiger partial charge in [-0.3, -0.25) is 4.90 Å². The van der Waals surface area contributed by atoms with Crippen molar-refractivity contribution in [2.24, 2.45) is 0 Å². The van der Waals surface area contributed by atoms with Gasteiger partial charge in [0, 0.05) is 19.1 Å². The normalized spacial score (nSPS) is 23.8. The summed E-state index contributed by atoms with van der Waals surface area (Å²) in [7, 11) is 0. The van der Waals surface area contributed by atoms with Crippen LogP contribution < -0.4 is 4.74 Å². The van der Waals surface area contributed by atoms with Crippen LogP contribution in [0.1, 0.15) is 31.2 Å². The van der Waals surface area contributed by atoms with Gasteiger partial charge in [-0.25, -0.2) is 0 Å². The molecule has 1 aromatic carbocycles. The molecule has 0 bridgehead atoms. The molecule has 3 nitrogen and oxygen atoms in total. The Labute approximate surface area is 128 Å². The molecule has 0 amide bonds. The van der Waals surface area contributed by atoms with Crippen LogP contribution in [0, 0.1) is 6.92 Å². The van der Waals surface area contributed by atoms with Crippen molar-refractivity contribution >= 4 is 0 Å². The largest absolute Gasteiger partial charge is 0.493 e. The number of ether oxygens (including phenoxy) is 1. The summed E-state index contributed by atoms with van der Waals surface area (Å²) < 4.78 is 5.91. The highest BCUT2D eigenvalue weighted by Gasteiger charge is 2.28. The number of nitrogens with zero attached hydrogens (tertiary/aromatic N) is 2. The summed E-state index contributed by atoms with van der Waals surface area (Å²) in [5, 5.41) is 0. The molecule has 1 aromatic rings. The Morgan fingerprint density at radius 3 is 2.90 bits per heavy atom. The standard InChI is InChI=1S/C18H28N2O/c1-16-7-2-3-9-18(16)21-14-6-11-19-10-5-13-20-12-4-8-17(20)15-19/h2-3,7,9,17H,4-6,8,10-15H2,1H3/t17-/m1/s1. The summed E-state index contributed by atoms with van der Waals surface area (Å²) in [6, 6.07) is 9.11. The van der Waals surface area contributed by atoms with Crippen LogP contribution in [-0.2, 0) is 0 Å². The number of benzene rings is 1. The van der Waals surface area contributed by atoms with Gasteiger partial charge in [0.1, 0.15) is 5.75 Å². The predicted octanol–water partition coefficient (Wildman–Crippen LogP) is 2.93. The molecule has 116 valence electrons. The van der Waals surface area contributed by atoms with Crippen LogP contribution >= 0.6 is 0 Å². The maximum Gasteiger partial charge on any atom is 0.122 e. The first-order valence-electron chi connectivity index (χ1n) is 8.48. The highest BCUT2D eigenvalue weighted by Crippen LogP contribution is 2.21. The SMILES string of the molecule is Cc1ccccc1OCCCN1CCCN2CCC[C@@H]2C1. The predicted molar refractivity (Wildman–Crippen MR) is 86.9 cm³/mol. The summed E-state index contributed by atoms with van der Waals surface area (Å²) in [4.78, 5) is 5.35. The molecule has 3 rings (SSSR count). The minimum atomic E-state index is 0.824. The zero-order chi connectivity index (χ0) is 14.5. The fourth-order valence-electron chi connectivity index (χ4n) is 3.67. The van der Waals surface area contributed by atoms with Gasteiger partial charge >= 0.3 is 0 Å². The van der Waals surface area contributed by atoms with E-state index in [4.69, 9.17) is 4.74 Å². The lowest BCUT2D eigenvalue weighted by atomic mass is 10.2. The van der Waals surface area contributed by atoms with Gasteiger partial charge in [0.05, 0.1) is 6.61 Å². The van der Waals surface area contributed by atoms with Crippen molar-refractivity contribution in [3.63, 3.8) is 0 Å². The Hall–Kier alpha value is -1.06. The Kier molecular flexibility index (Phi) is 5.15. The first-order valence-corrected chi connectivity index (χ1v) is 8.48. The summed E-state index contributed by atoms with van der Waals surface area (Å²) >= 11 is 0. The molecule has 2 fully saturated rings. The first-order chi connectivity index (χ1) is 10.3. The van der Waals surface area contributed by atoms with Gasteiger partial charge < -0.3 is 9.64 Å². The Bertz CT molecular complexity index is 449. The van der Waals surface area contributed by atoms with Crippen molar-refractivity contribution in [3.8, 4) is 5.75 Å². The van der Waals surface area contributed by atoms with E-state index in [0.29, 0.717) is 0 Å². The maximum atomic E-state index is 5.91. The fourth-order valence-corrected chi connectivity index (χ4v) is 3.67. The summed E-state index contributed by atoms with van der Waals surface area (Å²) in [6.45, 7) is 9.28. The Morgan fingerprint density at radius 1 is 1.14 bits per heavy atom. The summed E-state index contributed by atoms with van der Waals surface area (Å²) in [5.41, 5.74) is 1.23. The average molecular weight is 288 g/mol. The van der Waals surface area contributed by atoms with E-state index in [9.17, 15) is 0 Å². The molecule has 0 radical (unpaired) electrons. The minimum Gasteiger partial charge on any atom is -0.493 e. The molecule has 2 saturated heterocycles. The molecule has 0 aliphatic carbocycles. The molecule has 21 heavy (non-hydrogen) atoms. The molecule has 0 N–H and O–H groups in total. The third-order valence-corrected chi connectivity index (χ3v) is 4.86. The van der Waals surface area contributed by atoms with Gasteiger partial charge in [0.15, 0.2) is 0 Å². The molecule has 2 heterocycles. The van der Waals surface area contributed by atoms with E-state index >= 15 is 0 Å². The van der Waals surface area contributed by atoms with Gasteiger partial charge in [-0.15, -0.1) is 0 Å². The average Bonchev–Trinajstić information content (AvgIpc) is 2.83. The quantitative estimate of drug-likeness (QED) is 0.775. The highest BCUT2D eigenvalue weighted by atomic mass is 16.5. The van der Waals surface area contributed by atoms with Crippen molar-refractivity contribution in [1.29, 1.82) is 0 Å². The fraction of sp³-hybridized carbons (Fsp3) is 0.667. The maximum absolute atomic E-state index is 5.91. The van der Waals surface area contributed by atoms with E-state index in [1.54, 1.807) is 0 Å². The van der Waals surface area contributed by atoms with E-state index in [1.807, 2.05) is 6.07 Å². The lowest BCUT2D eigenvalue weighted by molar-refractivity contribution is 0.205. The molecule has 2 aliphatic rings. The summed E-state index contributed by atoms with van der Waals surface area (Å²) in [5.74, 6) is 1.04. The van der Waals surface area contributed by atoms with Crippen LogP contribution in [0.25, 0.3) is 0 Å². The topological polar surface area (TPSA) is 15.7 Å². The third-order valence-electron chi connectivity index (χ3n) is 4.86. The van der Waals surface area contributed by atoms with Crippen LogP contribution in [0.5, 0.6) is 5.75 Å². The number of fused-ring (bicyclic) bond motifs is 1. The van der Waals surface area contributed by atoms with Gasteiger partial charge in [-0.05, 0) is 63.9 Å². The number of aryl methyl sites for hydroxylation is 1. The molecule has 2 aliphatic heterocycles. The van der Waals surface area contributed by atoms with Crippen LogP contribution in [0.4, 0.5) is 0 Å². The van der Waals surface area contributed by atoms with Gasteiger partial charge in [-0.2, -0.15) is 0 Å². The molecular formula is C18H28N2O. The van der Waals surface area contributed by atoms with Crippen LogP contribution in [0.15, 0.2) is 24.3 Å². The smallest absolute Gasteiger partial charge is 0.122 e. The zero-order valence-corrected chi connectivity index (χ0v) is 13.3. The number of hydrogen-bond donors (Lipinski definition) is 0. The lowest BCUT2D eigenvalue weighted by Crippen LogP contribution is -2.37. The van der Waals surface area contributed by atoms with E-state index in [1.165, 1.54) is 57.5 Å².